The summed E-state index contributed by atoms with van der Waals surface area (Å²) >= 11 is 0. The van der Waals surface area contributed by atoms with Gasteiger partial charge < -0.3 is 5.73 Å². The average Bonchev–Trinajstić information content (AvgIpc) is 2.75. The van der Waals surface area contributed by atoms with Crippen LogP contribution in [0.25, 0.3) is 0 Å². The number of halogens is 2. The van der Waals surface area contributed by atoms with Crippen molar-refractivity contribution in [1.82, 2.24) is 4.31 Å². The summed E-state index contributed by atoms with van der Waals surface area (Å²) in [6, 6.07) is 1.43. The van der Waals surface area contributed by atoms with E-state index >= 15 is 0 Å². The van der Waals surface area contributed by atoms with Crippen LogP contribution in [0, 0.1) is 17.6 Å². The zero-order chi connectivity index (χ0) is 15.1. The van der Waals surface area contributed by atoms with Crippen molar-refractivity contribution >= 4 is 15.7 Å². The molecule has 1 saturated heterocycles. The number of hydrogen-bond acceptors (Lipinski definition) is 3. The van der Waals surface area contributed by atoms with Crippen LogP contribution < -0.4 is 5.73 Å². The fraction of sp³-hybridized carbons (Fsp3) is 0.538. The number of rotatable bonds is 3. The van der Waals surface area contributed by atoms with E-state index in [0.29, 0.717) is 12.8 Å². The first-order chi connectivity index (χ1) is 9.25. The van der Waals surface area contributed by atoms with Crippen molar-refractivity contribution < 1.29 is 17.2 Å². The van der Waals surface area contributed by atoms with E-state index in [2.05, 4.69) is 0 Å². The molecule has 1 unspecified atom stereocenters. The summed E-state index contributed by atoms with van der Waals surface area (Å²) in [5, 5.41) is 0. The van der Waals surface area contributed by atoms with Gasteiger partial charge in [0.25, 0.3) is 0 Å². The summed E-state index contributed by atoms with van der Waals surface area (Å²) in [5.74, 6) is -2.19. The molecule has 0 spiro atoms. The summed E-state index contributed by atoms with van der Waals surface area (Å²) < 4.78 is 53.9. The molecule has 2 rings (SSSR count). The summed E-state index contributed by atoms with van der Waals surface area (Å²) in [6.45, 7) is 4.08. The molecule has 0 bridgehead atoms. The van der Waals surface area contributed by atoms with Crippen LogP contribution >= 0.6 is 0 Å². The number of benzene rings is 1. The van der Waals surface area contributed by atoms with Crippen molar-refractivity contribution in [3.05, 3.63) is 23.8 Å². The molecule has 0 saturated carbocycles. The molecule has 1 aromatic rings. The second-order valence-electron chi connectivity index (χ2n) is 5.38. The van der Waals surface area contributed by atoms with Crippen LogP contribution in [0.15, 0.2) is 17.0 Å². The lowest BCUT2D eigenvalue weighted by Gasteiger charge is -2.27. The third kappa shape index (κ3) is 2.52. The van der Waals surface area contributed by atoms with Crippen molar-refractivity contribution in [2.75, 3.05) is 12.3 Å². The largest absolute Gasteiger partial charge is 0.399 e. The van der Waals surface area contributed by atoms with Gasteiger partial charge in [-0.05, 0) is 30.9 Å². The molecule has 20 heavy (non-hydrogen) atoms. The Morgan fingerprint density at radius 1 is 1.30 bits per heavy atom. The maximum Gasteiger partial charge on any atom is 0.249 e. The molecule has 1 aliphatic rings. The maximum absolute atomic E-state index is 13.9. The van der Waals surface area contributed by atoms with Crippen LogP contribution in [0.3, 0.4) is 0 Å². The highest BCUT2D eigenvalue weighted by atomic mass is 32.2. The molecule has 7 heteroatoms. The first kappa shape index (κ1) is 15.2. The molecule has 2 N–H and O–H groups in total. The van der Waals surface area contributed by atoms with Crippen LogP contribution in [0.4, 0.5) is 14.5 Å². The first-order valence-electron chi connectivity index (χ1n) is 6.51. The molecule has 1 aliphatic heterocycles. The molecule has 1 atom stereocenters. The predicted molar refractivity (Wildman–Crippen MR) is 72.5 cm³/mol. The molecule has 4 nitrogen and oxygen atoms in total. The van der Waals surface area contributed by atoms with Crippen molar-refractivity contribution in [2.45, 2.75) is 37.6 Å². The Hall–Kier alpha value is -1.21. The standard InChI is InChI=1S/C13H18F2N2O2S/c1-8(2)12-4-3-5-17(12)20(18,19)13-10(14)6-9(16)7-11(13)15/h6-8,12H,3-5,16H2,1-2H3. The Bertz CT molecular complexity index is 594. The van der Waals surface area contributed by atoms with E-state index in [1.54, 1.807) is 0 Å². The van der Waals surface area contributed by atoms with Gasteiger partial charge in [0.2, 0.25) is 10.0 Å². The SMILES string of the molecule is CC(C)C1CCCN1S(=O)(=O)c1c(F)cc(N)cc1F. The lowest BCUT2D eigenvalue weighted by Crippen LogP contribution is -2.39. The molecule has 0 aromatic heterocycles. The zero-order valence-corrected chi connectivity index (χ0v) is 12.3. The highest BCUT2D eigenvalue weighted by Gasteiger charge is 2.39. The quantitative estimate of drug-likeness (QED) is 0.872. The lowest BCUT2D eigenvalue weighted by atomic mass is 10.0. The number of sulfonamides is 1. The smallest absolute Gasteiger partial charge is 0.249 e. The number of nitrogen functional groups attached to an aromatic ring is 1. The topological polar surface area (TPSA) is 63.4 Å². The Morgan fingerprint density at radius 3 is 2.35 bits per heavy atom. The zero-order valence-electron chi connectivity index (χ0n) is 11.4. The minimum atomic E-state index is -4.18. The van der Waals surface area contributed by atoms with Gasteiger partial charge >= 0.3 is 0 Å². The monoisotopic (exact) mass is 304 g/mol. The number of nitrogens with two attached hydrogens (primary N) is 1. The minimum Gasteiger partial charge on any atom is -0.399 e. The van der Waals surface area contributed by atoms with Crippen molar-refractivity contribution in [1.29, 1.82) is 0 Å². The van der Waals surface area contributed by atoms with Gasteiger partial charge in [-0.3, -0.25) is 0 Å². The fourth-order valence-electron chi connectivity index (χ4n) is 2.67. The highest BCUT2D eigenvalue weighted by molar-refractivity contribution is 7.89. The Labute approximate surface area is 117 Å². The Balaban J connectivity index is 2.51. The lowest BCUT2D eigenvalue weighted by molar-refractivity contribution is 0.313. The average molecular weight is 304 g/mol. The molecule has 0 amide bonds. The van der Waals surface area contributed by atoms with Gasteiger partial charge in [0.1, 0.15) is 11.6 Å². The van der Waals surface area contributed by atoms with Crippen molar-refractivity contribution in [2.24, 2.45) is 5.92 Å². The van der Waals surface area contributed by atoms with E-state index in [1.807, 2.05) is 13.8 Å². The van der Waals surface area contributed by atoms with E-state index in [1.165, 1.54) is 4.31 Å². The van der Waals surface area contributed by atoms with Gasteiger partial charge in [0.15, 0.2) is 4.90 Å². The predicted octanol–water partition coefficient (Wildman–Crippen LogP) is 2.36. The summed E-state index contributed by atoms with van der Waals surface area (Å²) in [7, 11) is -4.18. The third-order valence-corrected chi connectivity index (χ3v) is 5.58. The number of anilines is 1. The van der Waals surface area contributed by atoms with Crippen molar-refractivity contribution in [3.63, 3.8) is 0 Å². The number of nitrogens with zero attached hydrogens (tertiary/aromatic N) is 1. The van der Waals surface area contributed by atoms with Gasteiger partial charge in [0.05, 0.1) is 0 Å². The summed E-state index contributed by atoms with van der Waals surface area (Å²) in [5.41, 5.74) is 5.17. The van der Waals surface area contributed by atoms with E-state index in [9.17, 15) is 17.2 Å². The second-order valence-corrected chi connectivity index (χ2v) is 7.21. The van der Waals surface area contributed by atoms with Crippen LogP contribution in [-0.2, 0) is 10.0 Å². The van der Waals surface area contributed by atoms with Gasteiger partial charge in [-0.1, -0.05) is 13.8 Å². The van der Waals surface area contributed by atoms with Gasteiger partial charge in [-0.15, -0.1) is 0 Å². The molecular formula is C13H18F2N2O2S. The molecule has 0 radical (unpaired) electrons. The van der Waals surface area contributed by atoms with Crippen molar-refractivity contribution in [3.8, 4) is 0 Å². The molecular weight excluding hydrogens is 286 g/mol. The Kier molecular flexibility index (Phi) is 4.02. The molecule has 0 aliphatic carbocycles. The van der Waals surface area contributed by atoms with Gasteiger partial charge in [0, 0.05) is 18.3 Å². The van der Waals surface area contributed by atoms with E-state index in [0.717, 1.165) is 12.1 Å². The molecule has 112 valence electrons. The molecule has 1 fully saturated rings. The van der Waals surface area contributed by atoms with Crippen LogP contribution in [0.2, 0.25) is 0 Å². The Morgan fingerprint density at radius 2 is 1.85 bits per heavy atom. The van der Waals surface area contributed by atoms with Crippen LogP contribution in [0.1, 0.15) is 26.7 Å². The maximum atomic E-state index is 13.9. The summed E-state index contributed by atoms with van der Waals surface area (Å²) in [4.78, 5) is -0.903. The van der Waals surface area contributed by atoms with Crippen LogP contribution in [0.5, 0.6) is 0 Å². The van der Waals surface area contributed by atoms with Crippen LogP contribution in [-0.4, -0.2) is 25.3 Å². The second kappa shape index (κ2) is 5.29. The molecule has 1 heterocycles. The van der Waals surface area contributed by atoms with E-state index in [-0.39, 0.29) is 24.2 Å². The summed E-state index contributed by atoms with van der Waals surface area (Å²) in [6.07, 6.45) is 1.40. The minimum absolute atomic E-state index is 0.0900. The van der Waals surface area contributed by atoms with Gasteiger partial charge in [-0.2, -0.15) is 4.31 Å². The van der Waals surface area contributed by atoms with E-state index in [4.69, 9.17) is 5.73 Å². The third-order valence-electron chi connectivity index (χ3n) is 3.61. The fourth-order valence-corrected chi connectivity index (χ4v) is 4.59. The van der Waals surface area contributed by atoms with E-state index < -0.39 is 26.6 Å². The van der Waals surface area contributed by atoms with Gasteiger partial charge in [-0.25, -0.2) is 17.2 Å². The first-order valence-corrected chi connectivity index (χ1v) is 7.95. The molecule has 1 aromatic carbocycles. The number of hydrogen-bond donors (Lipinski definition) is 1. The normalized spacial score (nSPS) is 20.8. The highest BCUT2D eigenvalue weighted by Crippen LogP contribution is 2.32.